The van der Waals surface area contributed by atoms with E-state index in [0.717, 1.165) is 17.7 Å². The number of anilines is 1. The predicted octanol–water partition coefficient (Wildman–Crippen LogP) is 3.59. The van der Waals surface area contributed by atoms with Crippen LogP contribution in [0.2, 0.25) is 5.02 Å². The lowest BCUT2D eigenvalue weighted by Gasteiger charge is -2.11. The van der Waals surface area contributed by atoms with E-state index in [9.17, 15) is 4.79 Å². The largest absolute Gasteiger partial charge is 0.379 e. The molecule has 0 aromatic heterocycles. The molecule has 2 amide bonds. The fourth-order valence-corrected chi connectivity index (χ4v) is 1.66. The van der Waals surface area contributed by atoms with Crippen molar-refractivity contribution >= 4 is 23.3 Å². The van der Waals surface area contributed by atoms with E-state index in [1.807, 2.05) is 26.8 Å². The van der Waals surface area contributed by atoms with Crippen molar-refractivity contribution in [3.63, 3.8) is 0 Å². The van der Waals surface area contributed by atoms with E-state index >= 15 is 0 Å². The maximum atomic E-state index is 11.7. The molecule has 4 nitrogen and oxygen atoms in total. The lowest BCUT2D eigenvalue weighted by atomic mass is 10.2. The molecule has 1 aromatic rings. The molecule has 0 radical (unpaired) electrons. The Labute approximate surface area is 119 Å². The lowest BCUT2D eigenvalue weighted by molar-refractivity contribution is 0.0775. The number of aryl methyl sites for hydroxylation is 1. The summed E-state index contributed by atoms with van der Waals surface area (Å²) in [6.07, 6.45) is 1.02. The first-order chi connectivity index (χ1) is 8.99. The molecule has 0 fully saturated rings. The van der Waals surface area contributed by atoms with Crippen molar-refractivity contribution in [2.24, 2.45) is 0 Å². The number of halogens is 1. The maximum absolute atomic E-state index is 11.7. The van der Waals surface area contributed by atoms with E-state index in [2.05, 4.69) is 10.6 Å². The summed E-state index contributed by atoms with van der Waals surface area (Å²) in [6, 6.07) is 5.17. The van der Waals surface area contributed by atoms with Crippen LogP contribution in [0.25, 0.3) is 0 Å². The van der Waals surface area contributed by atoms with Crippen LogP contribution in [0.5, 0.6) is 0 Å². The van der Waals surface area contributed by atoms with Gasteiger partial charge in [-0.1, -0.05) is 17.7 Å². The first-order valence-electron chi connectivity index (χ1n) is 6.41. The van der Waals surface area contributed by atoms with Crippen LogP contribution < -0.4 is 10.6 Å². The number of carbonyl (C=O) groups excluding carboxylic acids is 1. The Morgan fingerprint density at radius 2 is 2.16 bits per heavy atom. The molecule has 0 saturated carbocycles. The lowest BCUT2D eigenvalue weighted by Crippen LogP contribution is -2.30. The van der Waals surface area contributed by atoms with E-state index < -0.39 is 0 Å². The summed E-state index contributed by atoms with van der Waals surface area (Å²) in [5, 5.41) is 6.16. The minimum absolute atomic E-state index is 0.225. The summed E-state index contributed by atoms with van der Waals surface area (Å²) in [5.41, 5.74) is 1.70. The van der Waals surface area contributed by atoms with Gasteiger partial charge in [-0.25, -0.2) is 4.79 Å². The second-order valence-corrected chi connectivity index (χ2v) is 5.05. The first-order valence-corrected chi connectivity index (χ1v) is 6.79. The zero-order valence-corrected chi connectivity index (χ0v) is 12.4. The van der Waals surface area contributed by atoms with Gasteiger partial charge in [0, 0.05) is 23.9 Å². The van der Waals surface area contributed by atoms with Crippen LogP contribution in [0, 0.1) is 6.92 Å². The van der Waals surface area contributed by atoms with Gasteiger partial charge in [0.25, 0.3) is 0 Å². The monoisotopic (exact) mass is 284 g/mol. The molecule has 0 saturated heterocycles. The molecule has 0 aliphatic heterocycles. The Morgan fingerprint density at radius 1 is 1.42 bits per heavy atom. The normalized spacial score (nSPS) is 10.6. The zero-order valence-electron chi connectivity index (χ0n) is 11.6. The molecule has 0 heterocycles. The molecule has 1 rings (SSSR count). The number of hydrogen-bond acceptors (Lipinski definition) is 2. The van der Waals surface area contributed by atoms with Crippen LogP contribution in [0.3, 0.4) is 0 Å². The fraction of sp³-hybridized carbons (Fsp3) is 0.500. The van der Waals surface area contributed by atoms with Crippen molar-refractivity contribution in [2.45, 2.75) is 33.3 Å². The number of carbonyl (C=O) groups is 1. The standard InChI is InChI=1S/C14H21ClN2O2/c1-10(2)19-8-4-7-16-14(18)17-13-9-12(15)6-5-11(13)3/h5-6,9-10H,4,7-8H2,1-3H3,(H2,16,17,18). The van der Waals surface area contributed by atoms with Gasteiger partial charge in [0.15, 0.2) is 0 Å². The van der Waals surface area contributed by atoms with Crippen molar-refractivity contribution in [3.8, 4) is 0 Å². The third-order valence-electron chi connectivity index (χ3n) is 2.51. The SMILES string of the molecule is Cc1ccc(Cl)cc1NC(=O)NCCCOC(C)C. The minimum Gasteiger partial charge on any atom is -0.379 e. The quantitative estimate of drug-likeness (QED) is 0.785. The second kappa shape index (κ2) is 8.02. The van der Waals surface area contributed by atoms with E-state index in [-0.39, 0.29) is 12.1 Å². The van der Waals surface area contributed by atoms with Gasteiger partial charge < -0.3 is 15.4 Å². The zero-order chi connectivity index (χ0) is 14.3. The molecule has 0 atom stereocenters. The van der Waals surface area contributed by atoms with Crippen molar-refractivity contribution < 1.29 is 9.53 Å². The van der Waals surface area contributed by atoms with E-state index in [0.29, 0.717) is 18.2 Å². The highest BCUT2D eigenvalue weighted by Crippen LogP contribution is 2.19. The fourth-order valence-electron chi connectivity index (χ4n) is 1.49. The molecule has 0 aliphatic rings. The molecule has 106 valence electrons. The van der Waals surface area contributed by atoms with E-state index in [1.54, 1.807) is 12.1 Å². The number of nitrogens with one attached hydrogen (secondary N) is 2. The Bertz CT molecular complexity index is 422. The van der Waals surface area contributed by atoms with Crippen LogP contribution in [0.15, 0.2) is 18.2 Å². The van der Waals surface area contributed by atoms with Gasteiger partial charge in [-0.3, -0.25) is 0 Å². The topological polar surface area (TPSA) is 50.4 Å². The number of ether oxygens (including phenoxy) is 1. The summed E-state index contributed by atoms with van der Waals surface area (Å²) in [7, 11) is 0. The molecule has 0 spiro atoms. The summed E-state index contributed by atoms with van der Waals surface area (Å²) in [4.78, 5) is 11.7. The van der Waals surface area contributed by atoms with Crippen LogP contribution in [-0.2, 0) is 4.74 Å². The highest BCUT2D eigenvalue weighted by Gasteiger charge is 2.04. The van der Waals surface area contributed by atoms with Gasteiger partial charge >= 0.3 is 6.03 Å². The van der Waals surface area contributed by atoms with E-state index in [4.69, 9.17) is 16.3 Å². The number of benzene rings is 1. The number of hydrogen-bond donors (Lipinski definition) is 2. The molecule has 5 heteroatoms. The number of amides is 2. The Hall–Kier alpha value is -1.26. The highest BCUT2D eigenvalue weighted by molar-refractivity contribution is 6.31. The minimum atomic E-state index is -0.227. The van der Waals surface area contributed by atoms with E-state index in [1.165, 1.54) is 0 Å². The summed E-state index contributed by atoms with van der Waals surface area (Å²) in [6.45, 7) is 7.12. The van der Waals surface area contributed by atoms with Crippen LogP contribution in [0.1, 0.15) is 25.8 Å². The third kappa shape index (κ3) is 6.45. The third-order valence-corrected chi connectivity index (χ3v) is 2.74. The molecule has 0 aliphatic carbocycles. The van der Waals surface area contributed by atoms with Gasteiger partial charge in [0.1, 0.15) is 0 Å². The predicted molar refractivity (Wildman–Crippen MR) is 78.9 cm³/mol. The van der Waals surface area contributed by atoms with Crippen LogP contribution in [0.4, 0.5) is 10.5 Å². The van der Waals surface area contributed by atoms with Gasteiger partial charge in [0.05, 0.1) is 6.10 Å². The Kier molecular flexibility index (Phi) is 6.67. The van der Waals surface area contributed by atoms with Crippen LogP contribution >= 0.6 is 11.6 Å². The second-order valence-electron chi connectivity index (χ2n) is 4.61. The van der Waals surface area contributed by atoms with Crippen molar-refractivity contribution in [1.29, 1.82) is 0 Å². The number of rotatable bonds is 6. The molecular formula is C14H21ClN2O2. The highest BCUT2D eigenvalue weighted by atomic mass is 35.5. The molecular weight excluding hydrogens is 264 g/mol. The van der Waals surface area contributed by atoms with Gasteiger partial charge in [-0.2, -0.15) is 0 Å². The van der Waals surface area contributed by atoms with Gasteiger partial charge in [-0.15, -0.1) is 0 Å². The molecule has 19 heavy (non-hydrogen) atoms. The van der Waals surface area contributed by atoms with Gasteiger partial charge in [-0.05, 0) is 44.9 Å². The summed E-state index contributed by atoms with van der Waals surface area (Å²) < 4.78 is 5.39. The Morgan fingerprint density at radius 3 is 2.84 bits per heavy atom. The van der Waals surface area contributed by atoms with Crippen LogP contribution in [-0.4, -0.2) is 25.3 Å². The van der Waals surface area contributed by atoms with Gasteiger partial charge in [0.2, 0.25) is 0 Å². The molecule has 0 unspecified atom stereocenters. The molecule has 2 N–H and O–H groups in total. The average molecular weight is 285 g/mol. The van der Waals surface area contributed by atoms with Crippen molar-refractivity contribution in [3.05, 3.63) is 28.8 Å². The average Bonchev–Trinajstić information content (AvgIpc) is 2.33. The number of urea groups is 1. The van der Waals surface area contributed by atoms with Crippen molar-refractivity contribution in [1.82, 2.24) is 5.32 Å². The smallest absolute Gasteiger partial charge is 0.319 e. The molecule has 0 bridgehead atoms. The summed E-state index contributed by atoms with van der Waals surface area (Å²) in [5.74, 6) is 0. The van der Waals surface area contributed by atoms with Crippen molar-refractivity contribution in [2.75, 3.05) is 18.5 Å². The maximum Gasteiger partial charge on any atom is 0.319 e. The first kappa shape index (κ1) is 15.8. The summed E-state index contributed by atoms with van der Waals surface area (Å²) >= 11 is 5.89. The molecule has 1 aromatic carbocycles. The Balaban J connectivity index is 2.29.